The van der Waals surface area contributed by atoms with Crippen LogP contribution in [0.15, 0.2) is 23.8 Å². The maximum Gasteiger partial charge on any atom is 0.145 e. The molecule has 2 atom stereocenters. The van der Waals surface area contributed by atoms with Gasteiger partial charge in [-0.25, -0.2) is 0 Å². The maximum absolute atomic E-state index is 10.9. The SMILES string of the molecule is C=C1CC/C=C(/C=O)CC[C@@H]2[C@@H]1CC2(C)C. The zero-order chi connectivity index (χ0) is 11.8. The lowest BCUT2D eigenvalue weighted by Crippen LogP contribution is -2.44. The molecule has 0 saturated heterocycles. The first-order valence-corrected chi connectivity index (χ1v) is 6.36. The van der Waals surface area contributed by atoms with Crippen molar-refractivity contribution in [3.05, 3.63) is 23.8 Å². The molecule has 0 aromatic heterocycles. The Hall–Kier alpha value is -0.850. The van der Waals surface area contributed by atoms with Gasteiger partial charge in [-0.05, 0) is 54.9 Å². The molecule has 1 fully saturated rings. The highest BCUT2D eigenvalue weighted by atomic mass is 16.1. The van der Waals surface area contributed by atoms with Crippen molar-refractivity contribution >= 4 is 6.29 Å². The molecule has 0 bridgehead atoms. The van der Waals surface area contributed by atoms with E-state index < -0.39 is 0 Å². The van der Waals surface area contributed by atoms with Crippen LogP contribution in [0.1, 0.15) is 46.0 Å². The Labute approximate surface area is 98.6 Å². The summed E-state index contributed by atoms with van der Waals surface area (Å²) in [5.41, 5.74) is 2.86. The largest absolute Gasteiger partial charge is 0.298 e. The summed E-state index contributed by atoms with van der Waals surface area (Å²) in [5, 5.41) is 0. The number of hydrogen-bond acceptors (Lipinski definition) is 1. The molecule has 0 N–H and O–H groups in total. The number of aldehydes is 1. The Morgan fingerprint density at radius 3 is 2.81 bits per heavy atom. The minimum atomic E-state index is 0.450. The van der Waals surface area contributed by atoms with Crippen LogP contribution in [0.2, 0.25) is 0 Å². The van der Waals surface area contributed by atoms with Gasteiger partial charge >= 0.3 is 0 Å². The molecule has 0 aliphatic heterocycles. The Balaban J connectivity index is 2.13. The monoisotopic (exact) mass is 218 g/mol. The van der Waals surface area contributed by atoms with Crippen molar-refractivity contribution in [3.63, 3.8) is 0 Å². The Morgan fingerprint density at radius 2 is 2.19 bits per heavy atom. The van der Waals surface area contributed by atoms with Gasteiger partial charge < -0.3 is 0 Å². The van der Waals surface area contributed by atoms with E-state index in [1.807, 2.05) is 0 Å². The minimum absolute atomic E-state index is 0.450. The van der Waals surface area contributed by atoms with E-state index >= 15 is 0 Å². The van der Waals surface area contributed by atoms with Gasteiger partial charge in [0.25, 0.3) is 0 Å². The van der Waals surface area contributed by atoms with Gasteiger partial charge in [-0.3, -0.25) is 4.79 Å². The van der Waals surface area contributed by atoms with Gasteiger partial charge in [0, 0.05) is 0 Å². The zero-order valence-corrected chi connectivity index (χ0v) is 10.5. The lowest BCUT2D eigenvalue weighted by molar-refractivity contribution is -0.105. The van der Waals surface area contributed by atoms with Crippen LogP contribution >= 0.6 is 0 Å². The molecule has 1 saturated carbocycles. The molecule has 0 amide bonds. The number of allylic oxidation sites excluding steroid dienone is 3. The third kappa shape index (κ3) is 2.00. The number of hydrogen-bond donors (Lipinski definition) is 0. The first-order chi connectivity index (χ1) is 7.54. The zero-order valence-electron chi connectivity index (χ0n) is 10.5. The molecule has 0 aromatic carbocycles. The van der Waals surface area contributed by atoms with Gasteiger partial charge in [0.05, 0.1) is 0 Å². The smallest absolute Gasteiger partial charge is 0.145 e. The molecule has 16 heavy (non-hydrogen) atoms. The van der Waals surface area contributed by atoms with E-state index in [9.17, 15) is 4.79 Å². The van der Waals surface area contributed by atoms with Crippen LogP contribution in [0, 0.1) is 17.3 Å². The second kappa shape index (κ2) is 4.20. The van der Waals surface area contributed by atoms with Crippen molar-refractivity contribution in [2.75, 3.05) is 0 Å². The maximum atomic E-state index is 10.9. The number of rotatable bonds is 1. The third-order valence-electron chi connectivity index (χ3n) is 4.53. The highest BCUT2D eigenvalue weighted by molar-refractivity contribution is 5.73. The Bertz CT molecular complexity index is 335. The van der Waals surface area contributed by atoms with Crippen LogP contribution in [0.25, 0.3) is 0 Å². The van der Waals surface area contributed by atoms with Crippen molar-refractivity contribution in [1.82, 2.24) is 0 Å². The number of carbonyl (C=O) groups excluding carboxylic acids is 1. The third-order valence-corrected chi connectivity index (χ3v) is 4.53. The van der Waals surface area contributed by atoms with Gasteiger partial charge in [0.1, 0.15) is 6.29 Å². The van der Waals surface area contributed by atoms with E-state index in [1.165, 1.54) is 12.0 Å². The fraction of sp³-hybridized carbons (Fsp3) is 0.667. The summed E-state index contributed by atoms with van der Waals surface area (Å²) in [6.07, 6.45) is 8.60. The molecule has 2 aliphatic carbocycles. The van der Waals surface area contributed by atoms with E-state index in [4.69, 9.17) is 0 Å². The van der Waals surface area contributed by atoms with Crippen molar-refractivity contribution in [3.8, 4) is 0 Å². The van der Waals surface area contributed by atoms with Crippen LogP contribution in [0.4, 0.5) is 0 Å². The van der Waals surface area contributed by atoms with E-state index in [2.05, 4.69) is 26.5 Å². The highest BCUT2D eigenvalue weighted by Gasteiger charge is 2.47. The molecule has 0 radical (unpaired) electrons. The van der Waals surface area contributed by atoms with Gasteiger partial charge in [-0.2, -0.15) is 0 Å². The summed E-state index contributed by atoms with van der Waals surface area (Å²) < 4.78 is 0. The van der Waals surface area contributed by atoms with E-state index in [0.29, 0.717) is 5.41 Å². The van der Waals surface area contributed by atoms with E-state index in [-0.39, 0.29) is 0 Å². The standard InChI is InChI=1S/C15H22O/c1-11-5-4-6-12(10-16)7-8-14-13(11)9-15(14,2)3/h6,10,13-14H,1,4-5,7-9H2,2-3H3/b12-6+/t13-,14-/m1/s1. The van der Waals surface area contributed by atoms with Gasteiger partial charge in [0.15, 0.2) is 0 Å². The minimum Gasteiger partial charge on any atom is -0.298 e. The molecule has 1 heteroatoms. The van der Waals surface area contributed by atoms with Crippen molar-refractivity contribution in [2.24, 2.45) is 17.3 Å². The lowest BCUT2D eigenvalue weighted by atomic mass is 9.52. The molecule has 0 heterocycles. The molecular formula is C15H22O. The predicted octanol–water partition coefficient (Wildman–Crippen LogP) is 3.90. The molecule has 2 rings (SSSR count). The first-order valence-electron chi connectivity index (χ1n) is 6.36. The topological polar surface area (TPSA) is 17.1 Å². The Morgan fingerprint density at radius 1 is 1.44 bits per heavy atom. The summed E-state index contributed by atoms with van der Waals surface area (Å²) in [6.45, 7) is 8.94. The van der Waals surface area contributed by atoms with Crippen LogP contribution in [0.5, 0.6) is 0 Å². The average molecular weight is 218 g/mol. The highest BCUT2D eigenvalue weighted by Crippen LogP contribution is 2.56. The molecule has 88 valence electrons. The Kier molecular flexibility index (Phi) is 3.05. The average Bonchev–Trinajstić information content (AvgIpc) is 2.28. The van der Waals surface area contributed by atoms with E-state index in [0.717, 1.165) is 49.4 Å². The van der Waals surface area contributed by atoms with Gasteiger partial charge in [-0.1, -0.05) is 32.1 Å². The second-order valence-corrected chi connectivity index (χ2v) is 6.04. The van der Waals surface area contributed by atoms with Crippen LogP contribution in [0.3, 0.4) is 0 Å². The van der Waals surface area contributed by atoms with Crippen molar-refractivity contribution < 1.29 is 4.79 Å². The molecule has 2 aliphatic rings. The second-order valence-electron chi connectivity index (χ2n) is 6.04. The number of fused-ring (bicyclic) bond motifs is 1. The molecule has 1 nitrogen and oxygen atoms in total. The van der Waals surface area contributed by atoms with Crippen LogP contribution in [-0.4, -0.2) is 6.29 Å². The van der Waals surface area contributed by atoms with Crippen LogP contribution in [-0.2, 0) is 4.79 Å². The summed E-state index contributed by atoms with van der Waals surface area (Å²) in [4.78, 5) is 10.9. The number of carbonyl (C=O) groups is 1. The summed E-state index contributed by atoms with van der Waals surface area (Å²) in [6, 6.07) is 0. The fourth-order valence-electron chi connectivity index (χ4n) is 3.42. The van der Waals surface area contributed by atoms with Crippen molar-refractivity contribution in [1.29, 1.82) is 0 Å². The van der Waals surface area contributed by atoms with E-state index in [1.54, 1.807) is 0 Å². The van der Waals surface area contributed by atoms with Gasteiger partial charge in [-0.15, -0.1) is 0 Å². The molecular weight excluding hydrogens is 196 g/mol. The summed E-state index contributed by atoms with van der Waals surface area (Å²) in [7, 11) is 0. The summed E-state index contributed by atoms with van der Waals surface area (Å²) >= 11 is 0. The van der Waals surface area contributed by atoms with Crippen molar-refractivity contribution in [2.45, 2.75) is 46.0 Å². The molecule has 0 unspecified atom stereocenters. The van der Waals surface area contributed by atoms with Crippen LogP contribution < -0.4 is 0 Å². The van der Waals surface area contributed by atoms with Gasteiger partial charge in [0.2, 0.25) is 0 Å². The molecule has 0 spiro atoms. The lowest BCUT2D eigenvalue weighted by Gasteiger charge is -2.53. The normalized spacial score (nSPS) is 36.9. The first kappa shape index (κ1) is 11.6. The predicted molar refractivity (Wildman–Crippen MR) is 67.1 cm³/mol. The summed E-state index contributed by atoms with van der Waals surface area (Å²) in [5.74, 6) is 1.45. The fourth-order valence-corrected chi connectivity index (χ4v) is 3.42. The quantitative estimate of drug-likeness (QED) is 0.482. The molecule has 0 aromatic rings.